The molecule has 0 unspecified atom stereocenters. The maximum atomic E-state index is 14.0. The van der Waals surface area contributed by atoms with Gasteiger partial charge in [-0.2, -0.15) is 0 Å². The number of hydrogen-bond donors (Lipinski definition) is 1. The molecule has 0 spiro atoms. The first-order valence-corrected chi connectivity index (χ1v) is 9.12. The molecule has 2 N–H and O–H groups in total. The maximum absolute atomic E-state index is 14.0. The van der Waals surface area contributed by atoms with Gasteiger partial charge in [0.25, 0.3) is 0 Å². The lowest BCUT2D eigenvalue weighted by Crippen LogP contribution is -2.12. The average molecular weight is 400 g/mol. The lowest BCUT2D eigenvalue weighted by Gasteiger charge is -2.07. The highest BCUT2D eigenvalue weighted by atomic mass is 32.2. The van der Waals surface area contributed by atoms with Gasteiger partial charge in [-0.05, 0) is 43.3 Å². The number of rotatable bonds is 5. The molecule has 4 rings (SSSR count). The third kappa shape index (κ3) is 3.46. The Labute approximate surface area is 162 Å². The Morgan fingerprint density at radius 3 is 2.50 bits per heavy atom. The largest absolute Gasteiger partial charge is 0.419 e. The van der Waals surface area contributed by atoms with E-state index >= 15 is 0 Å². The van der Waals surface area contributed by atoms with Crippen molar-refractivity contribution in [3.8, 4) is 22.8 Å². The summed E-state index contributed by atoms with van der Waals surface area (Å²) in [6.45, 7) is 1.84. The van der Waals surface area contributed by atoms with E-state index < -0.39 is 5.82 Å². The molecular weight excluding hydrogens is 386 g/mol. The van der Waals surface area contributed by atoms with Gasteiger partial charge in [-0.15, -0.1) is 20.4 Å². The number of nitrogen functional groups attached to an aromatic ring is 1. The number of hydrogen-bond acceptors (Lipinski definition) is 7. The summed E-state index contributed by atoms with van der Waals surface area (Å²) in [7, 11) is 0. The van der Waals surface area contributed by atoms with E-state index in [2.05, 4.69) is 20.4 Å². The molecule has 2 aromatic carbocycles. The zero-order valence-corrected chi connectivity index (χ0v) is 15.4. The van der Waals surface area contributed by atoms with Crippen molar-refractivity contribution < 1.29 is 13.2 Å². The normalized spacial score (nSPS) is 12.2. The summed E-state index contributed by atoms with van der Waals surface area (Å²) in [5.41, 5.74) is 0.870. The van der Waals surface area contributed by atoms with Crippen molar-refractivity contribution in [2.24, 2.45) is 0 Å². The van der Waals surface area contributed by atoms with Crippen LogP contribution in [0.4, 0.5) is 8.78 Å². The lowest BCUT2D eigenvalue weighted by atomic mass is 10.2. The van der Waals surface area contributed by atoms with Crippen LogP contribution in [0.2, 0.25) is 0 Å². The molecule has 0 radical (unpaired) electrons. The molecule has 2 heterocycles. The van der Waals surface area contributed by atoms with E-state index in [1.807, 2.05) is 6.92 Å². The van der Waals surface area contributed by atoms with Gasteiger partial charge in [0.2, 0.25) is 16.9 Å². The quantitative estimate of drug-likeness (QED) is 0.402. The van der Waals surface area contributed by atoms with Crippen molar-refractivity contribution in [2.45, 2.75) is 17.3 Å². The van der Waals surface area contributed by atoms with Gasteiger partial charge in [0.05, 0.1) is 10.8 Å². The fraction of sp³-hybridized carbons (Fsp3) is 0.111. The fourth-order valence-corrected chi connectivity index (χ4v) is 3.30. The Kier molecular flexibility index (Phi) is 4.78. The SMILES string of the molecule is C[C@H](Sc1nnc(-c2ccccc2F)n1N)c1nnc(-c2ccc(F)cc2)o1. The van der Waals surface area contributed by atoms with Crippen LogP contribution >= 0.6 is 11.8 Å². The van der Waals surface area contributed by atoms with Gasteiger partial charge in [-0.25, -0.2) is 13.5 Å². The average Bonchev–Trinajstić information content (AvgIpc) is 3.31. The zero-order chi connectivity index (χ0) is 19.7. The second-order valence-corrected chi connectivity index (χ2v) is 7.18. The Balaban J connectivity index is 1.54. The smallest absolute Gasteiger partial charge is 0.247 e. The molecule has 1 atom stereocenters. The summed E-state index contributed by atoms with van der Waals surface area (Å²) in [5, 5.41) is 16.1. The summed E-state index contributed by atoms with van der Waals surface area (Å²) >= 11 is 1.24. The first kappa shape index (κ1) is 18.1. The molecule has 0 aliphatic carbocycles. The second-order valence-electron chi connectivity index (χ2n) is 5.87. The van der Waals surface area contributed by atoms with Crippen molar-refractivity contribution in [3.63, 3.8) is 0 Å². The van der Waals surface area contributed by atoms with Crippen LogP contribution in [0, 0.1) is 11.6 Å². The molecule has 0 fully saturated rings. The maximum Gasteiger partial charge on any atom is 0.247 e. The molecular formula is C18H14F2N6OS. The molecule has 28 heavy (non-hydrogen) atoms. The number of aromatic nitrogens is 5. The van der Waals surface area contributed by atoms with E-state index in [0.29, 0.717) is 16.6 Å². The molecule has 0 bridgehead atoms. The Bertz CT molecular complexity index is 1110. The van der Waals surface area contributed by atoms with Crippen LogP contribution in [0.25, 0.3) is 22.8 Å². The van der Waals surface area contributed by atoms with Crippen LogP contribution in [0.5, 0.6) is 0 Å². The highest BCUT2D eigenvalue weighted by molar-refractivity contribution is 7.99. The summed E-state index contributed by atoms with van der Waals surface area (Å²) in [4.78, 5) is 0. The van der Waals surface area contributed by atoms with Gasteiger partial charge in [-0.1, -0.05) is 23.9 Å². The number of halogens is 2. The first-order valence-electron chi connectivity index (χ1n) is 8.24. The Morgan fingerprint density at radius 1 is 1.00 bits per heavy atom. The Morgan fingerprint density at radius 2 is 1.75 bits per heavy atom. The summed E-state index contributed by atoms with van der Waals surface area (Å²) in [6.07, 6.45) is 0. The van der Waals surface area contributed by atoms with Gasteiger partial charge in [0, 0.05) is 5.56 Å². The summed E-state index contributed by atoms with van der Waals surface area (Å²) in [6, 6.07) is 11.9. The molecule has 0 saturated heterocycles. The van der Waals surface area contributed by atoms with E-state index in [0.717, 1.165) is 0 Å². The predicted octanol–water partition coefficient (Wildman–Crippen LogP) is 3.84. The molecule has 0 saturated carbocycles. The monoisotopic (exact) mass is 400 g/mol. The molecule has 0 aliphatic rings. The van der Waals surface area contributed by atoms with Crippen molar-refractivity contribution in [3.05, 3.63) is 66.1 Å². The topological polar surface area (TPSA) is 95.7 Å². The van der Waals surface area contributed by atoms with Crippen LogP contribution < -0.4 is 5.84 Å². The van der Waals surface area contributed by atoms with E-state index in [-0.39, 0.29) is 28.3 Å². The van der Waals surface area contributed by atoms with Crippen LogP contribution in [0.3, 0.4) is 0 Å². The van der Waals surface area contributed by atoms with Crippen molar-refractivity contribution in [1.82, 2.24) is 25.1 Å². The third-order valence-corrected chi connectivity index (χ3v) is 4.99. The molecule has 142 valence electrons. The van der Waals surface area contributed by atoms with E-state index in [1.54, 1.807) is 30.3 Å². The van der Waals surface area contributed by atoms with Gasteiger partial charge in [0.15, 0.2) is 5.82 Å². The summed E-state index contributed by atoms with van der Waals surface area (Å²) in [5.74, 6) is 6.10. The predicted molar refractivity (Wildman–Crippen MR) is 99.5 cm³/mol. The van der Waals surface area contributed by atoms with Crippen molar-refractivity contribution in [1.29, 1.82) is 0 Å². The number of thioether (sulfide) groups is 1. The molecule has 0 amide bonds. The molecule has 4 aromatic rings. The minimum Gasteiger partial charge on any atom is -0.419 e. The number of nitrogens with two attached hydrogens (primary N) is 1. The van der Waals surface area contributed by atoms with Crippen LogP contribution in [-0.4, -0.2) is 25.1 Å². The van der Waals surface area contributed by atoms with Crippen LogP contribution in [0.15, 0.2) is 58.1 Å². The number of nitrogens with zero attached hydrogens (tertiary/aromatic N) is 5. The minimum atomic E-state index is -0.438. The van der Waals surface area contributed by atoms with Gasteiger partial charge >= 0.3 is 0 Å². The van der Waals surface area contributed by atoms with Crippen LogP contribution in [-0.2, 0) is 0 Å². The van der Waals surface area contributed by atoms with Gasteiger partial charge in [-0.3, -0.25) is 0 Å². The second kappa shape index (κ2) is 7.39. The third-order valence-electron chi connectivity index (χ3n) is 3.94. The van der Waals surface area contributed by atoms with Gasteiger partial charge < -0.3 is 10.3 Å². The van der Waals surface area contributed by atoms with E-state index in [9.17, 15) is 8.78 Å². The van der Waals surface area contributed by atoms with Crippen LogP contribution in [0.1, 0.15) is 18.1 Å². The highest BCUT2D eigenvalue weighted by Gasteiger charge is 2.21. The zero-order valence-electron chi connectivity index (χ0n) is 14.6. The standard InChI is InChI=1S/C18H14F2N6OS/c1-10(16-23-24-17(27-16)11-6-8-12(19)9-7-11)28-18-25-22-15(26(18)21)13-4-2-3-5-14(13)20/h2-10H,21H2,1H3/t10-/m0/s1. The highest BCUT2D eigenvalue weighted by Crippen LogP contribution is 2.35. The molecule has 7 nitrogen and oxygen atoms in total. The van der Waals surface area contributed by atoms with E-state index in [1.165, 1.54) is 34.6 Å². The van der Waals surface area contributed by atoms with E-state index in [4.69, 9.17) is 10.3 Å². The minimum absolute atomic E-state index is 0.213. The van der Waals surface area contributed by atoms with Crippen molar-refractivity contribution in [2.75, 3.05) is 5.84 Å². The summed E-state index contributed by atoms with van der Waals surface area (Å²) < 4.78 is 33.9. The first-order chi connectivity index (χ1) is 13.5. The lowest BCUT2D eigenvalue weighted by molar-refractivity contribution is 0.508. The molecule has 2 aromatic heterocycles. The Hall–Kier alpha value is -3.27. The molecule has 10 heteroatoms. The molecule has 0 aliphatic heterocycles. The fourth-order valence-electron chi connectivity index (χ4n) is 2.50. The van der Waals surface area contributed by atoms with Gasteiger partial charge in [0.1, 0.15) is 11.6 Å². The van der Waals surface area contributed by atoms with Crippen molar-refractivity contribution >= 4 is 11.8 Å². The number of benzene rings is 2.